The molecule has 0 bridgehead atoms. The van der Waals surface area contributed by atoms with E-state index in [1.165, 1.54) is 5.56 Å². The van der Waals surface area contributed by atoms with Crippen LogP contribution in [0.4, 0.5) is 5.69 Å². The summed E-state index contributed by atoms with van der Waals surface area (Å²) in [5, 5.41) is 2.82. The van der Waals surface area contributed by atoms with Crippen molar-refractivity contribution in [1.29, 1.82) is 0 Å². The van der Waals surface area contributed by atoms with Gasteiger partial charge in [-0.05, 0) is 43.5 Å². The topological polar surface area (TPSA) is 49.4 Å². The fraction of sp³-hybridized carbons (Fsp3) is 0.300. The fourth-order valence-corrected chi connectivity index (χ4v) is 2.58. The van der Waals surface area contributed by atoms with E-state index in [-0.39, 0.29) is 18.2 Å². The van der Waals surface area contributed by atoms with Crippen LogP contribution in [-0.4, -0.2) is 24.9 Å². The quantitative estimate of drug-likeness (QED) is 0.796. The number of hydrogen-bond donors (Lipinski definition) is 1. The monoisotopic (exact) mass is 324 g/mol. The molecule has 2 aromatic carbocycles. The van der Waals surface area contributed by atoms with Crippen LogP contribution in [-0.2, 0) is 16.0 Å². The Hall–Kier alpha value is -2.62. The molecule has 126 valence electrons. The van der Waals surface area contributed by atoms with Crippen molar-refractivity contribution in [3.8, 4) is 0 Å². The maximum absolute atomic E-state index is 12.4. The average molecular weight is 324 g/mol. The summed E-state index contributed by atoms with van der Waals surface area (Å²) in [7, 11) is 0. The number of anilines is 1. The highest BCUT2D eigenvalue weighted by atomic mass is 16.2. The minimum atomic E-state index is -0.234. The fourth-order valence-electron chi connectivity index (χ4n) is 2.58. The van der Waals surface area contributed by atoms with Crippen LogP contribution in [0.2, 0.25) is 0 Å². The molecule has 0 aliphatic rings. The number of nitrogens with zero attached hydrogens (tertiary/aromatic N) is 1. The van der Waals surface area contributed by atoms with Gasteiger partial charge < -0.3 is 10.2 Å². The van der Waals surface area contributed by atoms with E-state index in [0.717, 1.165) is 17.7 Å². The molecule has 0 fully saturated rings. The number of carbonyl (C=O) groups is 2. The van der Waals surface area contributed by atoms with Gasteiger partial charge in [0.25, 0.3) is 0 Å². The van der Waals surface area contributed by atoms with E-state index in [2.05, 4.69) is 5.32 Å². The molecule has 0 spiro atoms. The van der Waals surface area contributed by atoms with Crippen LogP contribution in [0.25, 0.3) is 0 Å². The number of aryl methyl sites for hydroxylation is 1. The standard InChI is InChI=1S/C20H24N2O2/c1-3-22(18-11-7-8-16(2)14-18)20(24)15-19(23)21-13-12-17-9-5-4-6-10-17/h4-11,14H,3,12-13,15H2,1-2H3,(H,21,23). The first-order chi connectivity index (χ1) is 11.6. The molecule has 2 amide bonds. The maximum atomic E-state index is 12.4. The van der Waals surface area contributed by atoms with E-state index in [0.29, 0.717) is 13.1 Å². The van der Waals surface area contributed by atoms with Crippen LogP contribution < -0.4 is 10.2 Å². The predicted molar refractivity (Wildman–Crippen MR) is 97.0 cm³/mol. The molecule has 0 radical (unpaired) electrons. The molecule has 0 saturated carbocycles. The molecule has 1 N–H and O–H groups in total. The number of rotatable bonds is 7. The first kappa shape index (κ1) is 17.7. The Balaban J connectivity index is 1.84. The molecule has 2 aromatic rings. The third-order valence-corrected chi connectivity index (χ3v) is 3.82. The molecule has 0 unspecified atom stereocenters. The predicted octanol–water partition coefficient (Wildman–Crippen LogP) is 3.10. The molecule has 2 rings (SSSR count). The van der Waals surface area contributed by atoms with Crippen LogP contribution in [0.5, 0.6) is 0 Å². The molecule has 4 heteroatoms. The van der Waals surface area contributed by atoms with Crippen LogP contribution in [0.1, 0.15) is 24.5 Å². The molecule has 0 aliphatic heterocycles. The van der Waals surface area contributed by atoms with Gasteiger partial charge in [-0.25, -0.2) is 0 Å². The van der Waals surface area contributed by atoms with Crippen molar-refractivity contribution in [2.45, 2.75) is 26.7 Å². The SMILES string of the molecule is CCN(C(=O)CC(=O)NCCc1ccccc1)c1cccc(C)c1. The van der Waals surface area contributed by atoms with Crippen molar-refractivity contribution in [1.82, 2.24) is 5.32 Å². The molecule has 0 saturated heterocycles. The summed E-state index contributed by atoms with van der Waals surface area (Å²) in [4.78, 5) is 26.0. The number of hydrogen-bond acceptors (Lipinski definition) is 2. The van der Waals surface area contributed by atoms with Crippen molar-refractivity contribution in [2.75, 3.05) is 18.0 Å². The van der Waals surface area contributed by atoms with Gasteiger partial charge in [0, 0.05) is 18.8 Å². The second kappa shape index (κ2) is 8.87. The number of nitrogens with one attached hydrogen (secondary N) is 1. The first-order valence-corrected chi connectivity index (χ1v) is 8.28. The van der Waals surface area contributed by atoms with E-state index >= 15 is 0 Å². The number of carbonyl (C=O) groups excluding carboxylic acids is 2. The van der Waals surface area contributed by atoms with Crippen molar-refractivity contribution in [3.05, 3.63) is 65.7 Å². The summed E-state index contributed by atoms with van der Waals surface area (Å²) in [5.74, 6) is -0.414. The summed E-state index contributed by atoms with van der Waals surface area (Å²) in [5.41, 5.74) is 3.09. The Morgan fingerprint density at radius 2 is 1.79 bits per heavy atom. The van der Waals surface area contributed by atoms with Gasteiger partial charge in [0.15, 0.2) is 0 Å². The van der Waals surface area contributed by atoms with Gasteiger partial charge in [0.2, 0.25) is 11.8 Å². The summed E-state index contributed by atoms with van der Waals surface area (Å²) in [6.07, 6.45) is 0.632. The van der Waals surface area contributed by atoms with Gasteiger partial charge in [0.05, 0.1) is 0 Å². The van der Waals surface area contributed by atoms with E-state index in [4.69, 9.17) is 0 Å². The Bertz CT molecular complexity index is 683. The highest BCUT2D eigenvalue weighted by Gasteiger charge is 2.17. The second-order valence-electron chi connectivity index (χ2n) is 5.74. The molecule has 24 heavy (non-hydrogen) atoms. The maximum Gasteiger partial charge on any atom is 0.236 e. The normalized spacial score (nSPS) is 10.2. The lowest BCUT2D eigenvalue weighted by molar-refractivity contribution is -0.127. The van der Waals surface area contributed by atoms with E-state index < -0.39 is 0 Å². The van der Waals surface area contributed by atoms with Crippen molar-refractivity contribution < 1.29 is 9.59 Å². The van der Waals surface area contributed by atoms with E-state index in [1.807, 2.05) is 68.4 Å². The Morgan fingerprint density at radius 1 is 1.04 bits per heavy atom. The second-order valence-corrected chi connectivity index (χ2v) is 5.74. The smallest absolute Gasteiger partial charge is 0.236 e. The minimum Gasteiger partial charge on any atom is -0.355 e. The Labute approximate surface area is 143 Å². The van der Waals surface area contributed by atoms with Crippen molar-refractivity contribution in [3.63, 3.8) is 0 Å². The summed E-state index contributed by atoms with van der Waals surface area (Å²) in [6, 6.07) is 17.7. The minimum absolute atomic E-state index is 0.128. The van der Waals surface area contributed by atoms with Crippen molar-refractivity contribution >= 4 is 17.5 Å². The Morgan fingerprint density at radius 3 is 2.46 bits per heavy atom. The highest BCUT2D eigenvalue weighted by molar-refractivity contribution is 6.04. The first-order valence-electron chi connectivity index (χ1n) is 8.28. The third kappa shape index (κ3) is 5.23. The molecular formula is C20H24N2O2. The molecule has 0 aliphatic carbocycles. The van der Waals surface area contributed by atoms with Gasteiger partial charge in [-0.2, -0.15) is 0 Å². The van der Waals surface area contributed by atoms with Gasteiger partial charge in [0.1, 0.15) is 6.42 Å². The zero-order valence-electron chi connectivity index (χ0n) is 14.3. The molecule has 4 nitrogen and oxygen atoms in total. The molecule has 0 heterocycles. The van der Waals surface area contributed by atoms with Crippen LogP contribution in [0.3, 0.4) is 0 Å². The van der Waals surface area contributed by atoms with Crippen LogP contribution >= 0.6 is 0 Å². The zero-order chi connectivity index (χ0) is 17.4. The average Bonchev–Trinajstić information content (AvgIpc) is 2.56. The lowest BCUT2D eigenvalue weighted by Gasteiger charge is -2.21. The molecule has 0 aromatic heterocycles. The van der Waals surface area contributed by atoms with Gasteiger partial charge >= 0.3 is 0 Å². The van der Waals surface area contributed by atoms with Gasteiger partial charge in [-0.15, -0.1) is 0 Å². The third-order valence-electron chi connectivity index (χ3n) is 3.82. The highest BCUT2D eigenvalue weighted by Crippen LogP contribution is 2.16. The number of amides is 2. The Kier molecular flexibility index (Phi) is 6.55. The van der Waals surface area contributed by atoms with E-state index in [1.54, 1.807) is 4.90 Å². The van der Waals surface area contributed by atoms with E-state index in [9.17, 15) is 9.59 Å². The zero-order valence-corrected chi connectivity index (χ0v) is 14.3. The molecule has 0 atom stereocenters. The van der Waals surface area contributed by atoms with Gasteiger partial charge in [-0.1, -0.05) is 42.5 Å². The van der Waals surface area contributed by atoms with Crippen LogP contribution in [0, 0.1) is 6.92 Å². The lowest BCUT2D eigenvalue weighted by Crippen LogP contribution is -2.36. The number of benzene rings is 2. The molecular weight excluding hydrogens is 300 g/mol. The lowest BCUT2D eigenvalue weighted by atomic mass is 10.1. The largest absolute Gasteiger partial charge is 0.355 e. The summed E-state index contributed by atoms with van der Waals surface area (Å²) in [6.45, 7) is 4.97. The van der Waals surface area contributed by atoms with Gasteiger partial charge in [-0.3, -0.25) is 9.59 Å². The van der Waals surface area contributed by atoms with Crippen LogP contribution in [0.15, 0.2) is 54.6 Å². The summed E-state index contributed by atoms with van der Waals surface area (Å²) >= 11 is 0. The van der Waals surface area contributed by atoms with Crippen molar-refractivity contribution in [2.24, 2.45) is 0 Å². The summed E-state index contributed by atoms with van der Waals surface area (Å²) < 4.78 is 0.